The van der Waals surface area contributed by atoms with Crippen LogP contribution >= 0.6 is 15.9 Å². The van der Waals surface area contributed by atoms with Crippen molar-refractivity contribution in [1.29, 1.82) is 0 Å². The molecule has 2 aromatic rings. The first kappa shape index (κ1) is 22.0. The van der Waals surface area contributed by atoms with Gasteiger partial charge in [-0.25, -0.2) is 0 Å². The van der Waals surface area contributed by atoms with Gasteiger partial charge in [0.2, 0.25) is 0 Å². The summed E-state index contributed by atoms with van der Waals surface area (Å²) < 4.78 is 12.1. The number of nitro groups is 2. The first-order chi connectivity index (χ1) is 13.0. The first-order valence-electron chi connectivity index (χ1n) is 8.44. The Bertz CT molecular complexity index is 874. The average Bonchev–Trinajstić information content (AvgIpc) is 2.83. The van der Waals surface area contributed by atoms with Crippen LogP contribution in [0, 0.1) is 20.2 Å². The minimum atomic E-state index is -0.698. The molecule has 2 aromatic carbocycles. The fourth-order valence-electron chi connectivity index (χ4n) is 2.42. The highest BCUT2D eigenvalue weighted by molar-refractivity contribution is 9.10. The van der Waals surface area contributed by atoms with Crippen LogP contribution in [0.5, 0.6) is 0 Å². The van der Waals surface area contributed by atoms with Crippen molar-refractivity contribution >= 4 is 39.9 Å². The quantitative estimate of drug-likeness (QED) is 0.393. The van der Waals surface area contributed by atoms with Crippen molar-refractivity contribution in [3.8, 4) is 0 Å². The molecule has 0 unspecified atom stereocenters. The molecule has 0 atom stereocenters. The summed E-state index contributed by atoms with van der Waals surface area (Å²) in [5.41, 5.74) is -0.414. The van der Waals surface area contributed by atoms with Gasteiger partial charge in [-0.2, -0.15) is 0 Å². The Balaban J connectivity index is 0.000000237. The fraction of sp³-hybridized carbons (Fsp3) is 0.333. The predicted molar refractivity (Wildman–Crippen MR) is 110 cm³/mol. The number of benzene rings is 2. The average molecular weight is 451 g/mol. The van der Waals surface area contributed by atoms with Crippen molar-refractivity contribution in [2.45, 2.75) is 38.9 Å². The van der Waals surface area contributed by atoms with Crippen LogP contribution in [-0.2, 0) is 9.31 Å². The van der Waals surface area contributed by atoms with Gasteiger partial charge in [0.1, 0.15) is 0 Å². The van der Waals surface area contributed by atoms with Gasteiger partial charge in [-0.05, 0) is 49.7 Å². The Morgan fingerprint density at radius 1 is 0.821 bits per heavy atom. The van der Waals surface area contributed by atoms with Crippen LogP contribution < -0.4 is 5.46 Å². The van der Waals surface area contributed by atoms with E-state index in [4.69, 9.17) is 9.31 Å². The highest BCUT2D eigenvalue weighted by Gasteiger charge is 2.53. The van der Waals surface area contributed by atoms with E-state index in [9.17, 15) is 20.2 Å². The molecule has 0 radical (unpaired) electrons. The molecule has 0 bridgehead atoms. The minimum absolute atomic E-state index is 0.0241. The zero-order valence-electron chi connectivity index (χ0n) is 15.9. The Morgan fingerprint density at radius 3 is 1.68 bits per heavy atom. The highest BCUT2D eigenvalue weighted by Crippen LogP contribution is 2.37. The maximum Gasteiger partial charge on any atom is 0.501 e. The van der Waals surface area contributed by atoms with E-state index in [1.54, 1.807) is 36.4 Å². The summed E-state index contributed by atoms with van der Waals surface area (Å²) in [7, 11) is -0.698. The summed E-state index contributed by atoms with van der Waals surface area (Å²) in [4.78, 5) is 20.4. The normalized spacial score (nSPS) is 16.8. The number of halogens is 1. The van der Waals surface area contributed by atoms with Gasteiger partial charge in [0, 0.05) is 12.1 Å². The minimum Gasteiger partial charge on any atom is -0.399 e. The molecule has 10 heteroatoms. The van der Waals surface area contributed by atoms with E-state index in [0.29, 0.717) is 9.94 Å². The second-order valence-electron chi connectivity index (χ2n) is 7.11. The van der Waals surface area contributed by atoms with Gasteiger partial charge in [0.15, 0.2) is 0 Å². The molecule has 0 spiro atoms. The molecule has 1 fully saturated rings. The Kier molecular flexibility index (Phi) is 6.58. The van der Waals surface area contributed by atoms with E-state index in [1.807, 2.05) is 27.7 Å². The molecule has 1 aliphatic heterocycles. The maximum absolute atomic E-state index is 11.0. The molecule has 0 saturated carbocycles. The number of hydrogen-bond acceptors (Lipinski definition) is 6. The third kappa shape index (κ3) is 4.75. The lowest BCUT2D eigenvalue weighted by molar-refractivity contribution is -0.385. The lowest BCUT2D eigenvalue weighted by Gasteiger charge is -2.32. The molecule has 1 saturated heterocycles. The topological polar surface area (TPSA) is 105 Å². The van der Waals surface area contributed by atoms with Crippen molar-refractivity contribution in [2.24, 2.45) is 0 Å². The summed E-state index contributed by atoms with van der Waals surface area (Å²) in [5.74, 6) is 0. The third-order valence-corrected chi connectivity index (χ3v) is 5.36. The van der Waals surface area contributed by atoms with Crippen LogP contribution in [0.2, 0.25) is 0 Å². The van der Waals surface area contributed by atoms with E-state index in [1.165, 1.54) is 12.1 Å². The summed E-state index contributed by atoms with van der Waals surface area (Å²) >= 11 is 3.06. The van der Waals surface area contributed by atoms with Crippen molar-refractivity contribution in [3.63, 3.8) is 0 Å². The van der Waals surface area contributed by atoms with Gasteiger partial charge in [0.05, 0.1) is 31.0 Å². The lowest BCUT2D eigenvalue weighted by atomic mass is 9.78. The van der Waals surface area contributed by atoms with Crippen LogP contribution in [-0.4, -0.2) is 28.2 Å². The number of hydrogen-bond donors (Lipinski definition) is 0. The Morgan fingerprint density at radius 2 is 1.25 bits per heavy atom. The number of nitro benzene ring substituents is 2. The van der Waals surface area contributed by atoms with E-state index in [2.05, 4.69) is 15.9 Å². The standard InChI is InChI=1S/C12H16BNO4.C6H4BrNO2/c1-11(2)12(3,4)18-13(17-11)9-7-5-6-8-10(9)14(15)16;7-5-3-1-2-4-6(5)8(9)10/h5-8H,1-4H3;1-4H. The van der Waals surface area contributed by atoms with Crippen LogP contribution in [0.1, 0.15) is 27.7 Å². The van der Waals surface area contributed by atoms with Gasteiger partial charge in [-0.3, -0.25) is 20.2 Å². The largest absolute Gasteiger partial charge is 0.501 e. The zero-order chi connectivity index (χ0) is 21.1. The summed E-state index contributed by atoms with van der Waals surface area (Å²) in [5, 5.41) is 21.2. The van der Waals surface area contributed by atoms with E-state index in [-0.39, 0.29) is 11.4 Å². The van der Waals surface area contributed by atoms with Crippen LogP contribution in [0.25, 0.3) is 0 Å². The molecule has 0 amide bonds. The molecule has 3 rings (SSSR count). The summed E-state index contributed by atoms with van der Waals surface area (Å²) in [6.07, 6.45) is 0. The molecule has 0 N–H and O–H groups in total. The molecular weight excluding hydrogens is 431 g/mol. The smallest absolute Gasteiger partial charge is 0.399 e. The monoisotopic (exact) mass is 450 g/mol. The van der Waals surface area contributed by atoms with Gasteiger partial charge < -0.3 is 9.31 Å². The molecular formula is C18H20BBrN2O6. The van der Waals surface area contributed by atoms with E-state index in [0.717, 1.165) is 0 Å². The predicted octanol–water partition coefficient (Wildman–Crippen LogP) is 4.25. The third-order valence-electron chi connectivity index (χ3n) is 4.69. The molecule has 0 aromatic heterocycles. The molecule has 28 heavy (non-hydrogen) atoms. The Hall–Kier alpha value is -2.30. The van der Waals surface area contributed by atoms with Gasteiger partial charge in [-0.1, -0.05) is 30.3 Å². The zero-order valence-corrected chi connectivity index (χ0v) is 17.5. The van der Waals surface area contributed by atoms with Crippen molar-refractivity contribution < 1.29 is 19.2 Å². The van der Waals surface area contributed by atoms with Gasteiger partial charge in [0.25, 0.3) is 11.4 Å². The number of rotatable bonds is 3. The molecule has 1 aliphatic rings. The second-order valence-corrected chi connectivity index (χ2v) is 7.97. The number of para-hydroxylation sites is 2. The lowest BCUT2D eigenvalue weighted by Crippen LogP contribution is -2.41. The van der Waals surface area contributed by atoms with Crippen LogP contribution in [0.15, 0.2) is 53.0 Å². The first-order valence-corrected chi connectivity index (χ1v) is 9.23. The van der Waals surface area contributed by atoms with E-state index >= 15 is 0 Å². The second kappa shape index (κ2) is 8.38. The van der Waals surface area contributed by atoms with Crippen LogP contribution in [0.3, 0.4) is 0 Å². The maximum atomic E-state index is 11.0. The molecule has 0 aliphatic carbocycles. The van der Waals surface area contributed by atoms with E-state index < -0.39 is 28.2 Å². The molecule has 8 nitrogen and oxygen atoms in total. The summed E-state index contributed by atoms with van der Waals surface area (Å²) in [6.45, 7) is 7.67. The summed E-state index contributed by atoms with van der Waals surface area (Å²) in [6, 6.07) is 12.9. The molecule has 1 heterocycles. The number of nitrogens with zero attached hydrogens (tertiary/aromatic N) is 2. The SMILES string of the molecule is CC1(C)OB(c2ccccc2[N+](=O)[O-])OC1(C)C.O=[N+]([O-])c1ccccc1Br. The molecule has 148 valence electrons. The van der Waals surface area contributed by atoms with Crippen molar-refractivity contribution in [1.82, 2.24) is 0 Å². The van der Waals surface area contributed by atoms with Crippen molar-refractivity contribution in [3.05, 3.63) is 73.2 Å². The van der Waals surface area contributed by atoms with Gasteiger partial charge in [-0.15, -0.1) is 0 Å². The van der Waals surface area contributed by atoms with Crippen LogP contribution in [0.4, 0.5) is 11.4 Å². The Labute approximate surface area is 171 Å². The van der Waals surface area contributed by atoms with Gasteiger partial charge >= 0.3 is 7.12 Å². The fourth-order valence-corrected chi connectivity index (χ4v) is 2.85. The van der Waals surface area contributed by atoms with Crippen molar-refractivity contribution in [2.75, 3.05) is 0 Å². The highest BCUT2D eigenvalue weighted by atomic mass is 79.9.